The van der Waals surface area contributed by atoms with E-state index in [1.807, 2.05) is 31.2 Å². The number of benzene rings is 1. The molecule has 0 amide bonds. The molecular formula is C17H16BrN3O. The van der Waals surface area contributed by atoms with Gasteiger partial charge in [-0.3, -0.25) is 0 Å². The van der Waals surface area contributed by atoms with E-state index < -0.39 is 11.0 Å². The van der Waals surface area contributed by atoms with Crippen molar-refractivity contribution in [2.45, 2.75) is 37.8 Å². The van der Waals surface area contributed by atoms with Gasteiger partial charge in [0, 0.05) is 16.6 Å². The number of fused-ring (bicyclic) bond motifs is 1. The van der Waals surface area contributed by atoms with Crippen LogP contribution in [0.25, 0.3) is 0 Å². The Labute approximate surface area is 138 Å². The van der Waals surface area contributed by atoms with Gasteiger partial charge in [0.1, 0.15) is 17.2 Å². The maximum Gasteiger partial charge on any atom is 0.149 e. The first-order chi connectivity index (χ1) is 10.6. The predicted molar refractivity (Wildman–Crippen MR) is 85.9 cm³/mol. The van der Waals surface area contributed by atoms with Gasteiger partial charge >= 0.3 is 0 Å². The number of aldehydes is 1. The van der Waals surface area contributed by atoms with Gasteiger partial charge in [-0.1, -0.05) is 29.3 Å². The molecule has 2 fully saturated rings. The highest BCUT2D eigenvalue weighted by atomic mass is 79.9. The summed E-state index contributed by atoms with van der Waals surface area (Å²) in [5, 5.41) is 19.1. The fourth-order valence-corrected chi connectivity index (χ4v) is 4.25. The van der Waals surface area contributed by atoms with Crippen LogP contribution in [0.3, 0.4) is 0 Å². The van der Waals surface area contributed by atoms with Crippen LogP contribution in [0.5, 0.6) is 0 Å². The molecule has 2 aliphatic rings. The van der Waals surface area contributed by atoms with Crippen LogP contribution in [0.1, 0.15) is 26.2 Å². The third-order valence-electron chi connectivity index (χ3n) is 5.24. The molecule has 1 saturated heterocycles. The number of carbonyl (C=O) groups excluding carboxylic acids is 1. The van der Waals surface area contributed by atoms with Crippen molar-refractivity contribution in [2.75, 3.05) is 4.90 Å². The molecule has 4 nitrogen and oxygen atoms in total. The number of anilines is 1. The van der Waals surface area contributed by atoms with Gasteiger partial charge in [-0.25, -0.2) is 0 Å². The van der Waals surface area contributed by atoms with Crippen molar-refractivity contribution < 1.29 is 4.79 Å². The molecule has 3 atom stereocenters. The Bertz CT molecular complexity index is 673. The lowest BCUT2D eigenvalue weighted by Crippen LogP contribution is -2.41. The quantitative estimate of drug-likeness (QED) is 0.613. The van der Waals surface area contributed by atoms with E-state index in [9.17, 15) is 15.3 Å². The monoisotopic (exact) mass is 357 g/mol. The van der Waals surface area contributed by atoms with E-state index in [0.717, 1.165) is 22.9 Å². The van der Waals surface area contributed by atoms with Gasteiger partial charge in [-0.2, -0.15) is 10.5 Å². The maximum atomic E-state index is 11.8. The summed E-state index contributed by atoms with van der Waals surface area (Å²) in [5.41, 5.74) is -0.775. The van der Waals surface area contributed by atoms with Crippen molar-refractivity contribution in [1.29, 1.82) is 10.5 Å². The van der Waals surface area contributed by atoms with E-state index in [-0.39, 0.29) is 12.0 Å². The van der Waals surface area contributed by atoms with E-state index in [0.29, 0.717) is 12.8 Å². The molecule has 0 aromatic heterocycles. The van der Waals surface area contributed by atoms with Crippen molar-refractivity contribution in [2.24, 2.45) is 11.3 Å². The SMILES string of the molecule is CC[C@@H]1C[C@@H]2N(c3ccc(Br)cc3)[C@]2(C=O)CC1(C#N)C#N. The molecule has 0 unspecified atom stereocenters. The molecule has 1 aliphatic carbocycles. The molecule has 1 aliphatic heterocycles. The van der Waals surface area contributed by atoms with Crippen molar-refractivity contribution in [3.05, 3.63) is 28.7 Å². The number of nitriles is 2. The van der Waals surface area contributed by atoms with E-state index in [4.69, 9.17) is 0 Å². The zero-order chi connectivity index (χ0) is 16.0. The Hall–Kier alpha value is -1.85. The van der Waals surface area contributed by atoms with Crippen LogP contribution in [0, 0.1) is 34.0 Å². The predicted octanol–water partition coefficient (Wildman–Crippen LogP) is 3.43. The number of nitrogens with zero attached hydrogens (tertiary/aromatic N) is 3. The van der Waals surface area contributed by atoms with Crippen LogP contribution >= 0.6 is 15.9 Å². The van der Waals surface area contributed by atoms with Crippen LogP contribution in [0.4, 0.5) is 5.69 Å². The van der Waals surface area contributed by atoms with Gasteiger partial charge < -0.3 is 9.69 Å². The third kappa shape index (κ3) is 1.89. The van der Waals surface area contributed by atoms with Crippen molar-refractivity contribution in [3.8, 4) is 12.1 Å². The highest BCUT2D eigenvalue weighted by Crippen LogP contribution is 2.60. The molecule has 22 heavy (non-hydrogen) atoms. The standard InChI is InChI=1S/C17H16BrN3O/c1-2-12-7-15-17(11-22,8-16(12,9-19)10-20)21(15)14-5-3-13(18)4-6-14/h3-6,11-12,15H,2,7-8H2,1H3/t12-,15+,17+,21?/m1/s1. The molecule has 5 heteroatoms. The van der Waals surface area contributed by atoms with Crippen LogP contribution in [0.15, 0.2) is 28.7 Å². The Morgan fingerprint density at radius 1 is 1.36 bits per heavy atom. The van der Waals surface area contributed by atoms with Gasteiger partial charge in [-0.15, -0.1) is 0 Å². The fraction of sp³-hybridized carbons (Fsp3) is 0.471. The summed E-state index contributed by atoms with van der Waals surface area (Å²) in [6, 6.07) is 12.3. The maximum absolute atomic E-state index is 11.8. The van der Waals surface area contributed by atoms with Crippen LogP contribution in [-0.4, -0.2) is 17.9 Å². The summed E-state index contributed by atoms with van der Waals surface area (Å²) in [4.78, 5) is 13.9. The van der Waals surface area contributed by atoms with Gasteiger partial charge in [0.15, 0.2) is 0 Å². The smallest absolute Gasteiger partial charge is 0.149 e. The lowest BCUT2D eigenvalue weighted by Gasteiger charge is -2.33. The minimum Gasteiger partial charge on any atom is -0.351 e. The minimum atomic E-state index is -1.06. The van der Waals surface area contributed by atoms with Crippen molar-refractivity contribution >= 4 is 27.9 Å². The molecule has 112 valence electrons. The zero-order valence-corrected chi connectivity index (χ0v) is 13.9. The van der Waals surface area contributed by atoms with Gasteiger partial charge in [0.05, 0.1) is 18.2 Å². The summed E-state index contributed by atoms with van der Waals surface area (Å²) < 4.78 is 0.982. The van der Waals surface area contributed by atoms with Crippen molar-refractivity contribution in [3.63, 3.8) is 0 Å². The molecule has 0 radical (unpaired) electrons. The molecular weight excluding hydrogens is 342 g/mol. The highest BCUT2D eigenvalue weighted by Gasteiger charge is 2.70. The summed E-state index contributed by atoms with van der Waals surface area (Å²) >= 11 is 3.41. The second-order valence-corrected chi connectivity index (χ2v) is 7.10. The molecule has 1 aromatic carbocycles. The van der Waals surface area contributed by atoms with E-state index in [2.05, 4.69) is 33.0 Å². The zero-order valence-electron chi connectivity index (χ0n) is 12.3. The number of rotatable bonds is 3. The highest BCUT2D eigenvalue weighted by molar-refractivity contribution is 9.10. The van der Waals surface area contributed by atoms with Crippen LogP contribution in [-0.2, 0) is 4.79 Å². The molecule has 3 rings (SSSR count). The van der Waals surface area contributed by atoms with Gasteiger partial charge in [0.2, 0.25) is 0 Å². The first kappa shape index (κ1) is 15.1. The second kappa shape index (κ2) is 5.11. The Balaban J connectivity index is 1.99. The topological polar surface area (TPSA) is 67.7 Å². The minimum absolute atomic E-state index is 0.0148. The summed E-state index contributed by atoms with van der Waals surface area (Å²) in [6.45, 7) is 2.01. The number of hydrogen-bond acceptors (Lipinski definition) is 4. The molecule has 0 bridgehead atoms. The lowest BCUT2D eigenvalue weighted by atomic mass is 9.64. The Kier molecular flexibility index (Phi) is 3.50. The Morgan fingerprint density at radius 2 is 2.00 bits per heavy atom. The molecule has 0 N–H and O–H groups in total. The Morgan fingerprint density at radius 3 is 2.50 bits per heavy atom. The molecule has 0 spiro atoms. The molecule has 1 heterocycles. The average Bonchev–Trinajstić information content (AvgIpc) is 3.21. The summed E-state index contributed by atoms with van der Waals surface area (Å²) in [6.07, 6.45) is 2.73. The van der Waals surface area contributed by atoms with Crippen LogP contribution in [0.2, 0.25) is 0 Å². The molecule has 1 aromatic rings. The van der Waals surface area contributed by atoms with E-state index in [1.54, 1.807) is 0 Å². The van der Waals surface area contributed by atoms with E-state index >= 15 is 0 Å². The summed E-state index contributed by atoms with van der Waals surface area (Å²) in [5.74, 6) is 0.0148. The van der Waals surface area contributed by atoms with Crippen molar-refractivity contribution in [1.82, 2.24) is 0 Å². The fourth-order valence-electron chi connectivity index (χ4n) is 3.99. The van der Waals surface area contributed by atoms with Gasteiger partial charge in [-0.05, 0) is 36.6 Å². The third-order valence-corrected chi connectivity index (χ3v) is 5.77. The average molecular weight is 358 g/mol. The number of carbonyl (C=O) groups is 1. The largest absolute Gasteiger partial charge is 0.351 e. The second-order valence-electron chi connectivity index (χ2n) is 6.18. The first-order valence-electron chi connectivity index (χ1n) is 7.40. The van der Waals surface area contributed by atoms with Gasteiger partial charge in [0.25, 0.3) is 0 Å². The normalized spacial score (nSPS) is 31.5. The lowest BCUT2D eigenvalue weighted by molar-refractivity contribution is -0.110. The first-order valence-corrected chi connectivity index (χ1v) is 8.20. The number of halogens is 1. The van der Waals surface area contributed by atoms with E-state index in [1.165, 1.54) is 0 Å². The number of hydrogen-bond donors (Lipinski definition) is 0. The van der Waals surface area contributed by atoms with Crippen LogP contribution < -0.4 is 4.90 Å². The molecule has 1 saturated carbocycles. The summed E-state index contributed by atoms with van der Waals surface area (Å²) in [7, 11) is 0.